The second-order valence-corrected chi connectivity index (χ2v) is 8.46. The van der Waals surface area contributed by atoms with Crippen LogP contribution in [0.15, 0.2) is 45.7 Å². The number of imidazole rings is 1. The molecular formula is C21H20BrF3N4O2. The molecule has 6 nitrogen and oxygen atoms in total. The predicted molar refractivity (Wildman–Crippen MR) is 115 cm³/mol. The molecule has 1 aliphatic heterocycles. The molecule has 1 aliphatic rings. The highest BCUT2D eigenvalue weighted by molar-refractivity contribution is 9.10. The number of hydrogen-bond acceptors (Lipinski definition) is 2. The van der Waals surface area contributed by atoms with Crippen molar-refractivity contribution in [3.63, 3.8) is 0 Å². The minimum Gasteiger partial charge on any atom is -0.324 e. The number of benzene rings is 2. The van der Waals surface area contributed by atoms with Gasteiger partial charge in [-0.25, -0.2) is 9.59 Å². The van der Waals surface area contributed by atoms with Gasteiger partial charge in [0.15, 0.2) is 0 Å². The van der Waals surface area contributed by atoms with Crippen molar-refractivity contribution in [3.05, 3.63) is 62.5 Å². The number of carbonyl (C=O) groups is 1. The summed E-state index contributed by atoms with van der Waals surface area (Å²) in [5.41, 5.74) is 0.747. The standard InChI is InChI=1S/C21H20BrF3N4O2/c1-12-5-6-13(11-15(12)21(23,24)25)26-19(30)28-9-7-14(8-10-28)29-17-4-2-3-16(22)18(17)27-20(29)31/h2-6,11,14H,7-10H2,1H3,(H,26,30)(H,27,31). The summed E-state index contributed by atoms with van der Waals surface area (Å²) in [5, 5.41) is 2.56. The van der Waals surface area contributed by atoms with Gasteiger partial charge in [0, 0.05) is 29.3 Å². The van der Waals surface area contributed by atoms with Gasteiger partial charge in [-0.1, -0.05) is 12.1 Å². The average Bonchev–Trinajstić information content (AvgIpc) is 3.06. The van der Waals surface area contributed by atoms with E-state index in [-0.39, 0.29) is 23.0 Å². The van der Waals surface area contributed by atoms with Crippen molar-refractivity contribution in [1.29, 1.82) is 0 Å². The molecule has 1 aromatic heterocycles. The highest BCUT2D eigenvalue weighted by Gasteiger charge is 2.33. The predicted octanol–water partition coefficient (Wildman–Crippen LogP) is 5.29. The number of nitrogens with zero attached hydrogens (tertiary/aromatic N) is 2. The van der Waals surface area contributed by atoms with Crippen molar-refractivity contribution >= 4 is 38.7 Å². The molecule has 2 amide bonds. The lowest BCUT2D eigenvalue weighted by Gasteiger charge is -2.32. The molecule has 4 rings (SSSR count). The fourth-order valence-electron chi connectivity index (χ4n) is 4.01. The molecule has 0 radical (unpaired) electrons. The molecule has 0 bridgehead atoms. The third-order valence-electron chi connectivity index (χ3n) is 5.61. The number of halogens is 4. The van der Waals surface area contributed by atoms with E-state index in [0.29, 0.717) is 25.9 Å². The summed E-state index contributed by atoms with van der Waals surface area (Å²) in [6.07, 6.45) is -3.35. The monoisotopic (exact) mass is 496 g/mol. The highest BCUT2D eigenvalue weighted by Crippen LogP contribution is 2.34. The fourth-order valence-corrected chi connectivity index (χ4v) is 4.47. The van der Waals surface area contributed by atoms with Gasteiger partial charge in [0.2, 0.25) is 0 Å². The Bertz CT molecular complexity index is 1190. The van der Waals surface area contributed by atoms with Gasteiger partial charge in [-0.2, -0.15) is 13.2 Å². The molecule has 1 saturated heterocycles. The zero-order valence-electron chi connectivity index (χ0n) is 16.6. The number of H-pyrrole nitrogens is 1. The van der Waals surface area contributed by atoms with Crippen molar-refractivity contribution in [3.8, 4) is 0 Å². The number of urea groups is 1. The number of aryl methyl sites for hydroxylation is 1. The Labute approximate surface area is 184 Å². The zero-order chi connectivity index (χ0) is 22.3. The van der Waals surface area contributed by atoms with Crippen LogP contribution in [0.4, 0.5) is 23.7 Å². The molecule has 2 heterocycles. The maximum Gasteiger partial charge on any atom is 0.416 e. The molecular weight excluding hydrogens is 477 g/mol. The lowest BCUT2D eigenvalue weighted by atomic mass is 10.0. The lowest BCUT2D eigenvalue weighted by molar-refractivity contribution is -0.138. The second kappa shape index (κ2) is 8.07. The molecule has 0 spiro atoms. The Morgan fingerprint density at radius 3 is 2.58 bits per heavy atom. The van der Waals surface area contributed by atoms with Crippen LogP contribution in [0.25, 0.3) is 11.0 Å². The summed E-state index contributed by atoms with van der Waals surface area (Å²) >= 11 is 3.44. The first-order chi connectivity index (χ1) is 14.6. The quantitative estimate of drug-likeness (QED) is 0.506. The van der Waals surface area contributed by atoms with Crippen molar-refractivity contribution in [2.24, 2.45) is 0 Å². The van der Waals surface area contributed by atoms with Crippen LogP contribution in [-0.4, -0.2) is 33.6 Å². The molecule has 0 saturated carbocycles. The number of hydrogen-bond donors (Lipinski definition) is 2. The molecule has 2 N–H and O–H groups in total. The number of alkyl halides is 3. The van der Waals surface area contributed by atoms with E-state index in [2.05, 4.69) is 26.2 Å². The van der Waals surface area contributed by atoms with Crippen LogP contribution < -0.4 is 11.0 Å². The van der Waals surface area contributed by atoms with Crippen LogP contribution in [-0.2, 0) is 6.18 Å². The minimum atomic E-state index is -4.48. The first-order valence-corrected chi connectivity index (χ1v) is 10.6. The molecule has 164 valence electrons. The van der Waals surface area contributed by atoms with E-state index in [4.69, 9.17) is 0 Å². The van der Waals surface area contributed by atoms with Crippen molar-refractivity contribution in [2.45, 2.75) is 32.0 Å². The highest BCUT2D eigenvalue weighted by atomic mass is 79.9. The number of aromatic nitrogens is 2. The maximum atomic E-state index is 13.1. The van der Waals surface area contributed by atoms with Crippen LogP contribution >= 0.6 is 15.9 Å². The number of para-hydroxylation sites is 1. The Morgan fingerprint density at radius 1 is 1.19 bits per heavy atom. The van der Waals surface area contributed by atoms with E-state index in [1.165, 1.54) is 19.1 Å². The van der Waals surface area contributed by atoms with Crippen LogP contribution in [0.1, 0.15) is 30.0 Å². The Morgan fingerprint density at radius 2 is 1.90 bits per heavy atom. The fraction of sp³-hybridized carbons (Fsp3) is 0.333. The number of likely N-dealkylation sites (tertiary alicyclic amines) is 1. The molecule has 2 aromatic carbocycles. The summed E-state index contributed by atoms with van der Waals surface area (Å²) in [7, 11) is 0. The third kappa shape index (κ3) is 4.21. The number of amides is 2. The lowest BCUT2D eigenvalue weighted by Crippen LogP contribution is -2.42. The number of piperidine rings is 1. The molecule has 10 heteroatoms. The van der Waals surface area contributed by atoms with Crippen LogP contribution in [0.3, 0.4) is 0 Å². The van der Waals surface area contributed by atoms with Crippen LogP contribution in [0.5, 0.6) is 0 Å². The van der Waals surface area contributed by atoms with Gasteiger partial charge < -0.3 is 15.2 Å². The van der Waals surface area contributed by atoms with E-state index in [1.807, 2.05) is 18.2 Å². The Hall–Kier alpha value is -2.75. The van der Waals surface area contributed by atoms with E-state index in [1.54, 1.807) is 9.47 Å². The number of nitrogens with one attached hydrogen (secondary N) is 2. The SMILES string of the molecule is Cc1ccc(NC(=O)N2CCC(n3c(=O)[nH]c4c(Br)cccc43)CC2)cc1C(F)(F)F. The van der Waals surface area contributed by atoms with Crippen molar-refractivity contribution < 1.29 is 18.0 Å². The molecule has 0 aliphatic carbocycles. The number of aromatic amines is 1. The van der Waals surface area contributed by atoms with Gasteiger partial charge in [0.05, 0.1) is 16.6 Å². The van der Waals surface area contributed by atoms with Crippen LogP contribution in [0, 0.1) is 6.92 Å². The third-order valence-corrected chi connectivity index (χ3v) is 6.27. The second-order valence-electron chi connectivity index (χ2n) is 7.61. The zero-order valence-corrected chi connectivity index (χ0v) is 18.2. The van der Waals surface area contributed by atoms with Crippen LogP contribution in [0.2, 0.25) is 0 Å². The smallest absolute Gasteiger partial charge is 0.324 e. The largest absolute Gasteiger partial charge is 0.416 e. The number of carbonyl (C=O) groups excluding carboxylic acids is 1. The van der Waals surface area contributed by atoms with Gasteiger partial charge in [0.1, 0.15) is 0 Å². The molecule has 1 fully saturated rings. The number of rotatable bonds is 2. The van der Waals surface area contributed by atoms with E-state index in [0.717, 1.165) is 21.6 Å². The van der Waals surface area contributed by atoms with Crippen molar-refractivity contribution in [2.75, 3.05) is 18.4 Å². The molecule has 31 heavy (non-hydrogen) atoms. The summed E-state index contributed by atoms with van der Waals surface area (Å²) in [6, 6.07) is 8.79. The van der Waals surface area contributed by atoms with Gasteiger partial charge in [-0.05, 0) is 65.5 Å². The topological polar surface area (TPSA) is 70.1 Å². The van der Waals surface area contributed by atoms with E-state index in [9.17, 15) is 22.8 Å². The Balaban J connectivity index is 1.45. The van der Waals surface area contributed by atoms with E-state index >= 15 is 0 Å². The maximum absolute atomic E-state index is 13.1. The number of fused-ring (bicyclic) bond motifs is 1. The van der Waals surface area contributed by atoms with E-state index < -0.39 is 17.8 Å². The summed E-state index contributed by atoms with van der Waals surface area (Å²) < 4.78 is 41.8. The normalized spacial score (nSPS) is 15.5. The summed E-state index contributed by atoms with van der Waals surface area (Å²) in [4.78, 5) is 29.5. The Kier molecular flexibility index (Phi) is 5.59. The van der Waals surface area contributed by atoms with Gasteiger partial charge in [-0.3, -0.25) is 4.57 Å². The molecule has 0 unspecified atom stereocenters. The minimum absolute atomic E-state index is 0.0733. The molecule has 3 aromatic rings. The first-order valence-electron chi connectivity index (χ1n) is 9.77. The molecule has 0 atom stereocenters. The van der Waals surface area contributed by atoms with Gasteiger partial charge in [0.25, 0.3) is 0 Å². The summed E-state index contributed by atoms with van der Waals surface area (Å²) in [6.45, 7) is 2.16. The van der Waals surface area contributed by atoms with Crippen molar-refractivity contribution in [1.82, 2.24) is 14.5 Å². The summed E-state index contributed by atoms with van der Waals surface area (Å²) in [5.74, 6) is 0. The average molecular weight is 497 g/mol. The van der Waals surface area contributed by atoms with Gasteiger partial charge in [-0.15, -0.1) is 0 Å². The number of anilines is 1. The first kappa shape index (κ1) is 21.5. The van der Waals surface area contributed by atoms with Gasteiger partial charge >= 0.3 is 17.9 Å².